The smallest absolute Gasteiger partial charge is 0.327 e. The lowest BCUT2D eigenvalue weighted by atomic mass is 9.86. The van der Waals surface area contributed by atoms with Crippen LogP contribution in [0.2, 0.25) is 0 Å². The van der Waals surface area contributed by atoms with Crippen molar-refractivity contribution in [2.24, 2.45) is 11.7 Å². The Balaban J connectivity index is 2.82. The highest BCUT2D eigenvalue weighted by atomic mass is 16.5. The van der Waals surface area contributed by atoms with Gasteiger partial charge in [0.1, 0.15) is 5.54 Å². The van der Waals surface area contributed by atoms with Gasteiger partial charge in [-0.2, -0.15) is 0 Å². The van der Waals surface area contributed by atoms with Crippen LogP contribution in [0.4, 0.5) is 0 Å². The molecule has 0 amide bonds. The molecule has 4 heteroatoms. The van der Waals surface area contributed by atoms with E-state index in [0.29, 0.717) is 6.54 Å². The minimum atomic E-state index is -0.863. The third kappa shape index (κ3) is 1.81. The fourth-order valence-corrected chi connectivity index (χ4v) is 2.09. The zero-order valence-electron chi connectivity index (χ0n) is 8.82. The normalized spacial score (nSPS) is 32.9. The fraction of sp³-hybridized carbons (Fsp3) is 0.700. The van der Waals surface area contributed by atoms with Crippen LogP contribution in [-0.2, 0) is 9.53 Å². The number of nitrogens with zero attached hydrogens (tertiary/aromatic N) is 1. The summed E-state index contributed by atoms with van der Waals surface area (Å²) >= 11 is 0. The van der Waals surface area contributed by atoms with Gasteiger partial charge in [0.15, 0.2) is 0 Å². The zero-order chi connectivity index (χ0) is 10.8. The summed E-state index contributed by atoms with van der Waals surface area (Å²) in [6.45, 7) is 5.04. The van der Waals surface area contributed by atoms with Crippen LogP contribution in [0.15, 0.2) is 12.7 Å². The number of ether oxygens (including phenoxy) is 1. The second-order valence-corrected chi connectivity index (χ2v) is 3.95. The average Bonchev–Trinajstić information content (AvgIpc) is 2.42. The molecule has 1 aliphatic rings. The summed E-state index contributed by atoms with van der Waals surface area (Å²) < 4.78 is 4.74. The average molecular weight is 198 g/mol. The van der Waals surface area contributed by atoms with Gasteiger partial charge in [0.2, 0.25) is 0 Å². The number of allylic oxidation sites excluding steroid dienone is 1. The molecule has 1 heterocycles. The summed E-state index contributed by atoms with van der Waals surface area (Å²) in [6, 6.07) is 0. The van der Waals surface area contributed by atoms with Crippen molar-refractivity contribution in [1.82, 2.24) is 4.90 Å². The number of likely N-dealkylation sites (tertiary alicyclic amines) is 1. The number of hydrogen-bond acceptors (Lipinski definition) is 4. The van der Waals surface area contributed by atoms with Gasteiger partial charge in [-0.25, -0.2) is 0 Å². The first kappa shape index (κ1) is 11.2. The minimum Gasteiger partial charge on any atom is -0.468 e. The van der Waals surface area contributed by atoms with E-state index >= 15 is 0 Å². The third-order valence-corrected chi connectivity index (χ3v) is 2.81. The lowest BCUT2D eigenvalue weighted by molar-refractivity contribution is -0.148. The van der Waals surface area contributed by atoms with Gasteiger partial charge in [-0.1, -0.05) is 6.08 Å². The Hall–Kier alpha value is -0.870. The number of nitrogens with two attached hydrogens (primary N) is 1. The molecule has 1 rings (SSSR count). The largest absolute Gasteiger partial charge is 0.468 e. The molecule has 4 nitrogen and oxygen atoms in total. The number of likely N-dealkylation sites (N-methyl/N-ethyl adjacent to an activating group) is 1. The van der Waals surface area contributed by atoms with E-state index in [1.807, 2.05) is 11.9 Å². The first-order chi connectivity index (χ1) is 6.54. The van der Waals surface area contributed by atoms with Crippen molar-refractivity contribution < 1.29 is 9.53 Å². The predicted molar refractivity (Wildman–Crippen MR) is 54.7 cm³/mol. The van der Waals surface area contributed by atoms with E-state index in [4.69, 9.17) is 10.5 Å². The van der Waals surface area contributed by atoms with Crippen LogP contribution in [0.25, 0.3) is 0 Å². The summed E-state index contributed by atoms with van der Waals surface area (Å²) in [5.41, 5.74) is 5.21. The Morgan fingerprint density at radius 1 is 1.86 bits per heavy atom. The highest BCUT2D eigenvalue weighted by Crippen LogP contribution is 2.28. The predicted octanol–water partition coefficient (Wildman–Crippen LogP) is -0.00540. The van der Waals surface area contributed by atoms with E-state index in [9.17, 15) is 4.79 Å². The summed E-state index contributed by atoms with van der Waals surface area (Å²) in [6.07, 6.45) is 2.55. The van der Waals surface area contributed by atoms with Crippen molar-refractivity contribution in [1.29, 1.82) is 0 Å². The van der Waals surface area contributed by atoms with E-state index in [-0.39, 0.29) is 11.9 Å². The highest BCUT2D eigenvalue weighted by Gasteiger charge is 2.48. The second-order valence-electron chi connectivity index (χ2n) is 3.95. The van der Waals surface area contributed by atoms with Crippen LogP contribution in [0.5, 0.6) is 0 Å². The first-order valence-corrected chi connectivity index (χ1v) is 4.71. The molecule has 0 radical (unpaired) electrons. The standard InChI is InChI=1S/C10H18N2O2/c1-4-5-8-6-12(2)7-10(8,11)9(13)14-3/h4,8H,1,5-7,11H2,2-3H3/t8-,10-/m0/s1. The van der Waals surface area contributed by atoms with Crippen molar-refractivity contribution in [3.05, 3.63) is 12.7 Å². The Labute approximate surface area is 84.7 Å². The molecule has 0 spiro atoms. The van der Waals surface area contributed by atoms with Crippen LogP contribution in [-0.4, -0.2) is 43.7 Å². The number of rotatable bonds is 3. The Morgan fingerprint density at radius 2 is 2.50 bits per heavy atom. The number of carbonyl (C=O) groups excluding carboxylic acids is 1. The lowest BCUT2D eigenvalue weighted by Crippen LogP contribution is -2.55. The van der Waals surface area contributed by atoms with Gasteiger partial charge in [0.25, 0.3) is 0 Å². The molecule has 1 aliphatic heterocycles. The van der Waals surface area contributed by atoms with Gasteiger partial charge in [-0.15, -0.1) is 6.58 Å². The maximum Gasteiger partial charge on any atom is 0.327 e. The topological polar surface area (TPSA) is 55.6 Å². The van der Waals surface area contributed by atoms with Gasteiger partial charge in [0.05, 0.1) is 7.11 Å². The van der Waals surface area contributed by atoms with Crippen LogP contribution < -0.4 is 5.73 Å². The molecule has 0 bridgehead atoms. The van der Waals surface area contributed by atoms with E-state index in [1.165, 1.54) is 7.11 Å². The molecule has 14 heavy (non-hydrogen) atoms. The quantitative estimate of drug-likeness (QED) is 0.512. The van der Waals surface area contributed by atoms with Gasteiger partial charge in [-0.3, -0.25) is 4.79 Å². The van der Waals surface area contributed by atoms with Gasteiger partial charge < -0.3 is 15.4 Å². The van der Waals surface area contributed by atoms with Crippen molar-refractivity contribution in [3.8, 4) is 0 Å². The molecule has 1 saturated heterocycles. The van der Waals surface area contributed by atoms with Crippen LogP contribution >= 0.6 is 0 Å². The van der Waals surface area contributed by atoms with E-state index in [0.717, 1.165) is 13.0 Å². The maximum atomic E-state index is 11.6. The molecule has 0 unspecified atom stereocenters. The summed E-state index contributed by atoms with van der Waals surface area (Å²) in [5, 5.41) is 0. The highest BCUT2D eigenvalue weighted by molar-refractivity contribution is 5.81. The monoisotopic (exact) mass is 198 g/mol. The van der Waals surface area contributed by atoms with Crippen molar-refractivity contribution >= 4 is 5.97 Å². The number of esters is 1. The number of carbonyl (C=O) groups is 1. The maximum absolute atomic E-state index is 11.6. The SMILES string of the molecule is C=CC[C@H]1CN(C)C[C@@]1(N)C(=O)OC. The van der Waals surface area contributed by atoms with Gasteiger partial charge >= 0.3 is 5.97 Å². The van der Waals surface area contributed by atoms with E-state index < -0.39 is 5.54 Å². The molecule has 0 aliphatic carbocycles. The fourth-order valence-electron chi connectivity index (χ4n) is 2.09. The van der Waals surface area contributed by atoms with Crippen LogP contribution in [0, 0.1) is 5.92 Å². The molecule has 0 aromatic rings. The lowest BCUT2D eigenvalue weighted by Gasteiger charge is -2.26. The van der Waals surface area contributed by atoms with E-state index in [1.54, 1.807) is 6.08 Å². The van der Waals surface area contributed by atoms with Crippen LogP contribution in [0.3, 0.4) is 0 Å². The molecule has 0 aromatic carbocycles. The first-order valence-electron chi connectivity index (χ1n) is 4.71. The molecule has 2 N–H and O–H groups in total. The van der Waals surface area contributed by atoms with E-state index in [2.05, 4.69) is 6.58 Å². The van der Waals surface area contributed by atoms with Gasteiger partial charge in [0, 0.05) is 19.0 Å². The molecular formula is C10H18N2O2. The molecule has 80 valence electrons. The van der Waals surface area contributed by atoms with Crippen LogP contribution in [0.1, 0.15) is 6.42 Å². The summed E-state index contributed by atoms with van der Waals surface area (Å²) in [4.78, 5) is 13.6. The van der Waals surface area contributed by atoms with Crippen molar-refractivity contribution in [2.75, 3.05) is 27.2 Å². The molecule has 0 saturated carbocycles. The number of methoxy groups -OCH3 is 1. The summed E-state index contributed by atoms with van der Waals surface area (Å²) in [5.74, 6) is -0.217. The Bertz CT molecular complexity index is 242. The zero-order valence-corrected chi connectivity index (χ0v) is 8.82. The molecule has 1 fully saturated rings. The number of hydrogen-bond donors (Lipinski definition) is 1. The van der Waals surface area contributed by atoms with Crippen molar-refractivity contribution in [2.45, 2.75) is 12.0 Å². The Kier molecular flexibility index (Phi) is 3.29. The third-order valence-electron chi connectivity index (χ3n) is 2.81. The molecule has 0 aromatic heterocycles. The van der Waals surface area contributed by atoms with Gasteiger partial charge in [-0.05, 0) is 13.5 Å². The Morgan fingerprint density at radius 3 is 3.00 bits per heavy atom. The molecular weight excluding hydrogens is 180 g/mol. The molecule has 2 atom stereocenters. The van der Waals surface area contributed by atoms with Crippen molar-refractivity contribution in [3.63, 3.8) is 0 Å². The minimum absolute atomic E-state index is 0.109. The second kappa shape index (κ2) is 4.11. The summed E-state index contributed by atoms with van der Waals surface area (Å²) in [7, 11) is 3.33.